The topological polar surface area (TPSA) is 44.6 Å². The monoisotopic (exact) mass is 355 g/mol. The summed E-state index contributed by atoms with van der Waals surface area (Å²) in [6, 6.07) is 6.28. The second-order valence-corrected chi connectivity index (χ2v) is 7.82. The molecule has 26 heavy (non-hydrogen) atoms. The fourth-order valence-corrected chi connectivity index (χ4v) is 4.27. The van der Waals surface area contributed by atoms with Gasteiger partial charge in [0.15, 0.2) is 0 Å². The minimum atomic E-state index is 0.106. The van der Waals surface area contributed by atoms with Gasteiger partial charge in [-0.2, -0.15) is 0 Å². The van der Waals surface area contributed by atoms with Crippen LogP contribution in [0.5, 0.6) is 0 Å². The van der Waals surface area contributed by atoms with E-state index < -0.39 is 0 Å². The van der Waals surface area contributed by atoms with Gasteiger partial charge in [-0.05, 0) is 64.0 Å². The molecule has 2 aromatic rings. The Morgan fingerprint density at radius 1 is 1.12 bits per heavy atom. The molecule has 2 fully saturated rings. The highest BCUT2D eigenvalue weighted by Gasteiger charge is 2.25. The molecule has 0 aliphatic carbocycles. The molecule has 0 atom stereocenters. The molecule has 0 unspecified atom stereocenters. The van der Waals surface area contributed by atoms with E-state index in [1.54, 1.807) is 0 Å². The summed E-state index contributed by atoms with van der Waals surface area (Å²) in [4.78, 5) is 24.4. The first-order chi connectivity index (χ1) is 12.5. The standard InChI is InChI=1S/C20H29N5O/c1-22-12-8-16(9-13-22)23(2)19(26)15-6-7-18-17(14-15)21-20(24(18)3)25-10-4-5-11-25/h6-7,14,16H,4-5,8-13H2,1-3H3. The van der Waals surface area contributed by atoms with Crippen molar-refractivity contribution in [3.63, 3.8) is 0 Å². The minimum Gasteiger partial charge on any atom is -0.342 e. The fraction of sp³-hybridized carbons (Fsp3) is 0.600. The van der Waals surface area contributed by atoms with Crippen molar-refractivity contribution in [3.05, 3.63) is 23.8 Å². The number of fused-ring (bicyclic) bond motifs is 1. The number of rotatable bonds is 3. The second kappa shape index (κ2) is 6.91. The van der Waals surface area contributed by atoms with Crippen LogP contribution in [0.4, 0.5) is 5.95 Å². The van der Waals surface area contributed by atoms with Crippen LogP contribution < -0.4 is 4.90 Å². The van der Waals surface area contributed by atoms with Gasteiger partial charge in [-0.25, -0.2) is 4.98 Å². The van der Waals surface area contributed by atoms with Gasteiger partial charge in [0.25, 0.3) is 5.91 Å². The number of likely N-dealkylation sites (tertiary alicyclic amines) is 1. The molecule has 1 amide bonds. The first-order valence-electron chi connectivity index (χ1n) is 9.72. The molecular formula is C20H29N5O. The van der Waals surface area contributed by atoms with E-state index in [1.807, 2.05) is 30.1 Å². The normalized spacial score (nSPS) is 19.4. The highest BCUT2D eigenvalue weighted by molar-refractivity contribution is 5.97. The van der Waals surface area contributed by atoms with Crippen molar-refractivity contribution >= 4 is 22.9 Å². The van der Waals surface area contributed by atoms with Gasteiger partial charge in [-0.15, -0.1) is 0 Å². The number of aromatic nitrogens is 2. The van der Waals surface area contributed by atoms with Crippen LogP contribution in [-0.2, 0) is 7.05 Å². The molecule has 4 rings (SSSR count). The maximum absolute atomic E-state index is 13.0. The molecule has 2 aliphatic rings. The van der Waals surface area contributed by atoms with Crippen LogP contribution in [-0.4, -0.2) is 71.6 Å². The first kappa shape index (κ1) is 17.3. The Morgan fingerprint density at radius 2 is 1.81 bits per heavy atom. The van der Waals surface area contributed by atoms with Gasteiger partial charge in [0, 0.05) is 38.8 Å². The Labute approximate surface area is 155 Å². The lowest BCUT2D eigenvalue weighted by atomic mass is 10.0. The number of benzene rings is 1. The smallest absolute Gasteiger partial charge is 0.253 e. The van der Waals surface area contributed by atoms with Crippen LogP contribution in [0.25, 0.3) is 11.0 Å². The van der Waals surface area contributed by atoms with Crippen LogP contribution in [0.2, 0.25) is 0 Å². The van der Waals surface area contributed by atoms with Crippen molar-refractivity contribution in [1.82, 2.24) is 19.4 Å². The molecule has 0 spiro atoms. The van der Waals surface area contributed by atoms with E-state index in [2.05, 4.69) is 28.5 Å². The van der Waals surface area contributed by atoms with Crippen LogP contribution in [0.15, 0.2) is 18.2 Å². The molecule has 3 heterocycles. The molecule has 0 bridgehead atoms. The Balaban J connectivity index is 1.57. The summed E-state index contributed by atoms with van der Waals surface area (Å²) >= 11 is 0. The number of imidazole rings is 1. The molecule has 1 aromatic heterocycles. The van der Waals surface area contributed by atoms with Gasteiger partial charge < -0.3 is 19.3 Å². The van der Waals surface area contributed by atoms with Crippen LogP contribution in [0, 0.1) is 0 Å². The van der Waals surface area contributed by atoms with Gasteiger partial charge in [-0.1, -0.05) is 0 Å². The van der Waals surface area contributed by atoms with Crippen LogP contribution in [0.3, 0.4) is 0 Å². The van der Waals surface area contributed by atoms with Crippen molar-refractivity contribution in [2.45, 2.75) is 31.7 Å². The lowest BCUT2D eigenvalue weighted by Crippen LogP contribution is -2.44. The first-order valence-corrected chi connectivity index (χ1v) is 9.72. The zero-order chi connectivity index (χ0) is 18.3. The molecule has 1 aromatic carbocycles. The summed E-state index contributed by atoms with van der Waals surface area (Å²) in [6.45, 7) is 4.26. The number of hydrogen-bond acceptors (Lipinski definition) is 4. The molecule has 2 saturated heterocycles. The third-order valence-electron chi connectivity index (χ3n) is 6.05. The highest BCUT2D eigenvalue weighted by atomic mass is 16.2. The quantitative estimate of drug-likeness (QED) is 0.848. The van der Waals surface area contributed by atoms with Crippen LogP contribution >= 0.6 is 0 Å². The molecule has 6 nitrogen and oxygen atoms in total. The number of carbonyl (C=O) groups excluding carboxylic acids is 1. The molecule has 6 heteroatoms. The molecule has 0 saturated carbocycles. The predicted octanol–water partition coefficient (Wildman–Crippen LogP) is 2.34. The van der Waals surface area contributed by atoms with Gasteiger partial charge >= 0.3 is 0 Å². The second-order valence-electron chi connectivity index (χ2n) is 7.82. The predicted molar refractivity (Wildman–Crippen MR) is 105 cm³/mol. The van der Waals surface area contributed by atoms with E-state index in [0.717, 1.165) is 61.6 Å². The number of hydrogen-bond donors (Lipinski definition) is 0. The van der Waals surface area contributed by atoms with Crippen molar-refractivity contribution in [3.8, 4) is 0 Å². The van der Waals surface area contributed by atoms with Gasteiger partial charge in [0.05, 0.1) is 11.0 Å². The van der Waals surface area contributed by atoms with Gasteiger partial charge in [0.2, 0.25) is 5.95 Å². The average molecular weight is 355 g/mol. The maximum Gasteiger partial charge on any atom is 0.253 e. The Kier molecular flexibility index (Phi) is 4.61. The largest absolute Gasteiger partial charge is 0.342 e. The minimum absolute atomic E-state index is 0.106. The number of carbonyl (C=O) groups is 1. The van der Waals surface area contributed by atoms with E-state index in [4.69, 9.17) is 4.98 Å². The van der Waals surface area contributed by atoms with Crippen molar-refractivity contribution in [2.24, 2.45) is 7.05 Å². The van der Waals surface area contributed by atoms with E-state index in [1.165, 1.54) is 12.8 Å². The average Bonchev–Trinajstić information content (AvgIpc) is 3.29. The summed E-state index contributed by atoms with van der Waals surface area (Å²) in [6.07, 6.45) is 4.55. The van der Waals surface area contributed by atoms with Crippen LogP contribution in [0.1, 0.15) is 36.0 Å². The van der Waals surface area contributed by atoms with Crippen molar-refractivity contribution in [1.29, 1.82) is 0 Å². The Morgan fingerprint density at radius 3 is 2.50 bits per heavy atom. The van der Waals surface area contributed by atoms with E-state index in [9.17, 15) is 4.79 Å². The number of nitrogens with zero attached hydrogens (tertiary/aromatic N) is 5. The fourth-order valence-electron chi connectivity index (χ4n) is 4.27. The SMILES string of the molecule is CN1CCC(N(C)C(=O)c2ccc3c(c2)nc(N2CCCC2)n3C)CC1. The summed E-state index contributed by atoms with van der Waals surface area (Å²) in [5, 5.41) is 0. The molecule has 0 radical (unpaired) electrons. The summed E-state index contributed by atoms with van der Waals surface area (Å²) in [5.74, 6) is 1.13. The lowest BCUT2D eigenvalue weighted by molar-refractivity contribution is 0.0660. The van der Waals surface area contributed by atoms with E-state index >= 15 is 0 Å². The molecule has 140 valence electrons. The third kappa shape index (κ3) is 3.07. The lowest BCUT2D eigenvalue weighted by Gasteiger charge is -2.35. The molecular weight excluding hydrogens is 326 g/mol. The summed E-state index contributed by atoms with van der Waals surface area (Å²) in [7, 11) is 6.15. The Bertz CT molecular complexity index is 800. The maximum atomic E-state index is 13.0. The van der Waals surface area contributed by atoms with Crippen molar-refractivity contribution < 1.29 is 4.79 Å². The van der Waals surface area contributed by atoms with Gasteiger partial charge in [-0.3, -0.25) is 4.79 Å². The van der Waals surface area contributed by atoms with Crippen molar-refractivity contribution in [2.75, 3.05) is 45.2 Å². The van der Waals surface area contributed by atoms with Gasteiger partial charge in [0.1, 0.15) is 0 Å². The number of amides is 1. The van der Waals surface area contributed by atoms with E-state index in [-0.39, 0.29) is 5.91 Å². The Hall–Kier alpha value is -2.08. The third-order valence-corrected chi connectivity index (χ3v) is 6.05. The van der Waals surface area contributed by atoms with E-state index in [0.29, 0.717) is 6.04 Å². The number of piperidine rings is 1. The summed E-state index contributed by atoms with van der Waals surface area (Å²) in [5.41, 5.74) is 2.74. The number of aryl methyl sites for hydroxylation is 1. The molecule has 0 N–H and O–H groups in total. The number of anilines is 1. The highest BCUT2D eigenvalue weighted by Crippen LogP contribution is 2.26. The molecule has 2 aliphatic heterocycles. The summed E-state index contributed by atoms with van der Waals surface area (Å²) < 4.78 is 2.15. The zero-order valence-corrected chi connectivity index (χ0v) is 16.1. The zero-order valence-electron chi connectivity index (χ0n) is 16.1.